The fraction of sp³-hybridized carbons (Fsp3) is 0.875. The van der Waals surface area contributed by atoms with Gasteiger partial charge in [0.15, 0.2) is 5.82 Å². The van der Waals surface area contributed by atoms with Gasteiger partial charge in [0.2, 0.25) is 0 Å². The van der Waals surface area contributed by atoms with E-state index >= 15 is 0 Å². The molecule has 0 N–H and O–H groups in total. The van der Waals surface area contributed by atoms with Crippen molar-refractivity contribution in [1.82, 2.24) is 20.2 Å². The van der Waals surface area contributed by atoms with E-state index in [0.29, 0.717) is 0 Å². The predicted molar refractivity (Wildman–Crippen MR) is 46.7 cm³/mol. The van der Waals surface area contributed by atoms with Gasteiger partial charge in [0.1, 0.15) is 0 Å². The Labute approximate surface area is 73.0 Å². The van der Waals surface area contributed by atoms with Crippen LogP contribution in [0.5, 0.6) is 0 Å². The maximum absolute atomic E-state index is 3.96. The van der Waals surface area contributed by atoms with Crippen molar-refractivity contribution in [2.24, 2.45) is 0 Å². The summed E-state index contributed by atoms with van der Waals surface area (Å²) in [6.45, 7) is 5.12. The first kappa shape index (κ1) is 9.16. The highest BCUT2D eigenvalue weighted by Crippen LogP contribution is 2.01. The zero-order chi connectivity index (χ0) is 8.81. The highest BCUT2D eigenvalue weighted by molar-refractivity contribution is 4.79. The molecule has 0 amide bonds. The lowest BCUT2D eigenvalue weighted by Gasteiger charge is -1.99. The average Bonchev–Trinajstić information content (AvgIpc) is 2.52. The van der Waals surface area contributed by atoms with Gasteiger partial charge in [-0.15, -0.1) is 5.10 Å². The van der Waals surface area contributed by atoms with E-state index in [1.54, 1.807) is 0 Å². The highest BCUT2D eigenvalue weighted by atomic mass is 15.5. The van der Waals surface area contributed by atoms with Crippen LogP contribution in [0.25, 0.3) is 0 Å². The Morgan fingerprint density at radius 3 is 2.75 bits per heavy atom. The fourth-order valence-electron chi connectivity index (χ4n) is 1.18. The molecule has 0 aliphatic rings. The molecule has 0 atom stereocenters. The van der Waals surface area contributed by atoms with Gasteiger partial charge in [-0.3, -0.25) is 0 Å². The van der Waals surface area contributed by atoms with Crippen LogP contribution in [0.2, 0.25) is 0 Å². The first-order valence-corrected chi connectivity index (χ1v) is 4.63. The molecule has 12 heavy (non-hydrogen) atoms. The van der Waals surface area contributed by atoms with Crippen molar-refractivity contribution in [3.8, 4) is 0 Å². The molecular weight excluding hydrogens is 152 g/mol. The summed E-state index contributed by atoms with van der Waals surface area (Å²) in [4.78, 5) is 0. The number of hydrogen-bond donors (Lipinski definition) is 0. The number of nitrogens with zero attached hydrogens (tertiary/aromatic N) is 4. The van der Waals surface area contributed by atoms with Crippen molar-refractivity contribution in [3.63, 3.8) is 0 Å². The molecule has 0 fully saturated rings. The summed E-state index contributed by atoms with van der Waals surface area (Å²) in [7, 11) is 0. The molecule has 0 saturated carbocycles. The summed E-state index contributed by atoms with van der Waals surface area (Å²) in [5.74, 6) is 1.02. The van der Waals surface area contributed by atoms with Gasteiger partial charge in [0.05, 0.1) is 0 Å². The first-order valence-electron chi connectivity index (χ1n) is 4.63. The zero-order valence-electron chi connectivity index (χ0n) is 7.82. The van der Waals surface area contributed by atoms with Crippen molar-refractivity contribution >= 4 is 0 Å². The van der Waals surface area contributed by atoms with Gasteiger partial charge in [-0.25, -0.2) is 4.68 Å². The molecule has 0 aliphatic heterocycles. The minimum atomic E-state index is 0.870. The van der Waals surface area contributed by atoms with E-state index in [4.69, 9.17) is 0 Å². The van der Waals surface area contributed by atoms with E-state index in [2.05, 4.69) is 29.4 Å². The second kappa shape index (κ2) is 4.85. The lowest BCUT2D eigenvalue weighted by molar-refractivity contribution is 0.580. The quantitative estimate of drug-likeness (QED) is 0.624. The number of unbranched alkanes of at least 4 members (excludes halogenated alkanes) is 2. The van der Waals surface area contributed by atoms with Crippen LogP contribution in [0.1, 0.15) is 38.9 Å². The number of aryl methyl sites for hydroxylation is 2. The lowest BCUT2D eigenvalue weighted by atomic mass is 10.2. The van der Waals surface area contributed by atoms with E-state index < -0.39 is 0 Å². The summed E-state index contributed by atoms with van der Waals surface area (Å²) in [6.07, 6.45) is 4.70. The number of aromatic nitrogens is 4. The van der Waals surface area contributed by atoms with E-state index in [0.717, 1.165) is 18.8 Å². The first-order chi connectivity index (χ1) is 5.88. The monoisotopic (exact) mass is 168 g/mol. The second-order valence-corrected chi connectivity index (χ2v) is 2.87. The summed E-state index contributed by atoms with van der Waals surface area (Å²) in [6, 6.07) is 0. The maximum Gasteiger partial charge on any atom is 0.151 e. The molecule has 0 saturated heterocycles. The van der Waals surface area contributed by atoms with Crippen molar-refractivity contribution in [1.29, 1.82) is 0 Å². The molecule has 0 aromatic carbocycles. The van der Waals surface area contributed by atoms with E-state index in [1.807, 2.05) is 4.68 Å². The summed E-state index contributed by atoms with van der Waals surface area (Å²) in [5.41, 5.74) is 0. The molecule has 0 unspecified atom stereocenters. The molecule has 68 valence electrons. The smallest absolute Gasteiger partial charge is 0.151 e. The van der Waals surface area contributed by atoms with E-state index in [-0.39, 0.29) is 0 Å². The third kappa shape index (κ3) is 2.29. The zero-order valence-corrected chi connectivity index (χ0v) is 7.82. The van der Waals surface area contributed by atoms with Crippen LogP contribution in [0.15, 0.2) is 0 Å². The summed E-state index contributed by atoms with van der Waals surface area (Å²) in [5, 5.41) is 11.5. The van der Waals surface area contributed by atoms with Gasteiger partial charge in [0.25, 0.3) is 0 Å². The summed E-state index contributed by atoms with van der Waals surface area (Å²) >= 11 is 0. The van der Waals surface area contributed by atoms with E-state index in [9.17, 15) is 0 Å². The normalized spacial score (nSPS) is 10.5. The van der Waals surface area contributed by atoms with Crippen LogP contribution in [-0.4, -0.2) is 20.2 Å². The van der Waals surface area contributed by atoms with Crippen molar-refractivity contribution < 1.29 is 0 Å². The van der Waals surface area contributed by atoms with Gasteiger partial charge in [-0.05, 0) is 23.8 Å². The lowest BCUT2D eigenvalue weighted by Crippen LogP contribution is -2.03. The van der Waals surface area contributed by atoms with Gasteiger partial charge in [-0.2, -0.15) is 0 Å². The number of tetrazole rings is 1. The third-order valence-corrected chi connectivity index (χ3v) is 1.91. The number of hydrogen-bond acceptors (Lipinski definition) is 3. The Morgan fingerprint density at radius 1 is 1.25 bits per heavy atom. The standard InChI is InChI=1S/C8H16N4/c1-3-5-6-7-8-9-10-11-12(8)4-2/h3-7H2,1-2H3. The summed E-state index contributed by atoms with van der Waals surface area (Å²) < 4.78 is 1.86. The third-order valence-electron chi connectivity index (χ3n) is 1.91. The SMILES string of the molecule is CCCCCc1nnnn1CC. The molecule has 1 heterocycles. The number of rotatable bonds is 5. The molecular formula is C8H16N4. The van der Waals surface area contributed by atoms with Crippen molar-refractivity contribution in [2.75, 3.05) is 0 Å². The van der Waals surface area contributed by atoms with Gasteiger partial charge in [-0.1, -0.05) is 19.8 Å². The Morgan fingerprint density at radius 2 is 2.08 bits per heavy atom. The molecule has 1 rings (SSSR count). The molecule has 1 aromatic heterocycles. The molecule has 4 nitrogen and oxygen atoms in total. The average molecular weight is 168 g/mol. The van der Waals surface area contributed by atoms with Crippen LogP contribution in [0.3, 0.4) is 0 Å². The van der Waals surface area contributed by atoms with Crippen LogP contribution in [-0.2, 0) is 13.0 Å². The Balaban J connectivity index is 2.39. The van der Waals surface area contributed by atoms with Crippen LogP contribution < -0.4 is 0 Å². The largest absolute Gasteiger partial charge is 0.230 e. The second-order valence-electron chi connectivity index (χ2n) is 2.87. The van der Waals surface area contributed by atoms with Gasteiger partial charge >= 0.3 is 0 Å². The molecule has 0 aliphatic carbocycles. The molecule has 0 radical (unpaired) electrons. The molecule has 4 heteroatoms. The van der Waals surface area contributed by atoms with E-state index in [1.165, 1.54) is 19.3 Å². The highest BCUT2D eigenvalue weighted by Gasteiger charge is 2.02. The van der Waals surface area contributed by atoms with Gasteiger partial charge < -0.3 is 0 Å². The van der Waals surface area contributed by atoms with Crippen molar-refractivity contribution in [2.45, 2.75) is 46.1 Å². The van der Waals surface area contributed by atoms with Gasteiger partial charge in [0, 0.05) is 13.0 Å². The van der Waals surface area contributed by atoms with Crippen molar-refractivity contribution in [3.05, 3.63) is 5.82 Å². The molecule has 0 spiro atoms. The van der Waals surface area contributed by atoms with Crippen LogP contribution in [0, 0.1) is 0 Å². The van der Waals surface area contributed by atoms with Crippen LogP contribution >= 0.6 is 0 Å². The predicted octanol–water partition coefficient (Wildman–Crippen LogP) is 1.43. The Kier molecular flexibility index (Phi) is 3.70. The van der Waals surface area contributed by atoms with Crippen LogP contribution in [0.4, 0.5) is 0 Å². The fourth-order valence-corrected chi connectivity index (χ4v) is 1.18. The maximum atomic E-state index is 3.96. The topological polar surface area (TPSA) is 43.6 Å². The Bertz CT molecular complexity index is 219. The molecule has 0 bridgehead atoms. The minimum Gasteiger partial charge on any atom is -0.230 e. The minimum absolute atomic E-state index is 0.870. The Hall–Kier alpha value is -0.930. The molecule has 1 aromatic rings.